The highest BCUT2D eigenvalue weighted by Crippen LogP contribution is 2.28. The van der Waals surface area contributed by atoms with E-state index in [2.05, 4.69) is 4.98 Å². The van der Waals surface area contributed by atoms with Crippen molar-refractivity contribution >= 4 is 34.7 Å². The number of aromatic nitrogens is 1. The Balaban J connectivity index is 1.33. The number of carbonyl (C=O) groups excluding carboxylic acids is 2. The van der Waals surface area contributed by atoms with Crippen LogP contribution in [-0.4, -0.2) is 64.8 Å². The summed E-state index contributed by atoms with van der Waals surface area (Å²) in [7, 11) is 0. The normalized spacial score (nSPS) is 18.4. The highest BCUT2D eigenvalue weighted by Gasteiger charge is 2.31. The quantitative estimate of drug-likeness (QED) is 0.733. The van der Waals surface area contributed by atoms with Crippen LogP contribution >= 0.6 is 11.8 Å². The fourth-order valence-electron chi connectivity index (χ4n) is 3.78. The fourth-order valence-corrected chi connectivity index (χ4v) is 4.71. The van der Waals surface area contributed by atoms with E-state index >= 15 is 0 Å². The molecule has 0 bridgehead atoms. The minimum atomic E-state index is -0.313. The number of piperidine rings is 1. The van der Waals surface area contributed by atoms with Gasteiger partial charge in [0.2, 0.25) is 5.91 Å². The average Bonchev–Trinajstić information content (AvgIpc) is 2.72. The van der Waals surface area contributed by atoms with Gasteiger partial charge in [0, 0.05) is 42.2 Å². The molecule has 1 aromatic heterocycles. The number of halogens is 1. The second-order valence-electron chi connectivity index (χ2n) is 7.03. The molecule has 0 saturated carbocycles. The molecular weight excluding hydrogens is 381 g/mol. The van der Waals surface area contributed by atoms with Crippen LogP contribution in [0.4, 0.5) is 9.18 Å². The number of hydrogen-bond donors (Lipinski definition) is 0. The first kappa shape index (κ1) is 19.0. The number of carbonyl (C=O) groups is 2. The van der Waals surface area contributed by atoms with E-state index < -0.39 is 0 Å². The first-order chi connectivity index (χ1) is 13.6. The van der Waals surface area contributed by atoms with E-state index in [1.807, 2.05) is 11.0 Å². The van der Waals surface area contributed by atoms with Gasteiger partial charge in [0.25, 0.3) is 0 Å². The lowest BCUT2D eigenvalue weighted by molar-refractivity contribution is -0.129. The van der Waals surface area contributed by atoms with Crippen LogP contribution in [0.1, 0.15) is 19.3 Å². The van der Waals surface area contributed by atoms with Crippen LogP contribution < -0.4 is 0 Å². The van der Waals surface area contributed by atoms with Crippen molar-refractivity contribution in [1.29, 1.82) is 0 Å². The van der Waals surface area contributed by atoms with Crippen molar-refractivity contribution in [3.8, 4) is 0 Å². The van der Waals surface area contributed by atoms with Crippen LogP contribution in [0.3, 0.4) is 0 Å². The van der Waals surface area contributed by atoms with Gasteiger partial charge in [0.1, 0.15) is 5.82 Å². The number of cyclic esters (lactones) is 1. The number of nitrogens with zero attached hydrogens (tertiary/aromatic N) is 3. The number of ether oxygens (including phenoxy) is 1. The number of likely N-dealkylation sites (tertiary alicyclic amines) is 1. The molecule has 28 heavy (non-hydrogen) atoms. The number of amides is 2. The first-order valence-electron chi connectivity index (χ1n) is 9.50. The highest BCUT2D eigenvalue weighted by atomic mass is 32.2. The predicted octanol–water partition coefficient (Wildman–Crippen LogP) is 3.30. The lowest BCUT2D eigenvalue weighted by atomic mass is 10.0. The Morgan fingerprint density at radius 3 is 2.86 bits per heavy atom. The molecule has 2 amide bonds. The molecule has 2 saturated heterocycles. The zero-order valence-electron chi connectivity index (χ0n) is 15.5. The Labute approximate surface area is 167 Å². The average molecular weight is 403 g/mol. The number of hydrogen-bond acceptors (Lipinski definition) is 5. The first-order valence-corrected chi connectivity index (χ1v) is 10.5. The van der Waals surface area contributed by atoms with Crippen LogP contribution in [0.15, 0.2) is 35.4 Å². The molecular formula is C20H22FN3O3S. The van der Waals surface area contributed by atoms with Crippen molar-refractivity contribution in [3.05, 3.63) is 36.3 Å². The second-order valence-corrected chi connectivity index (χ2v) is 8.05. The zero-order valence-corrected chi connectivity index (χ0v) is 16.3. The maximum Gasteiger partial charge on any atom is 0.410 e. The molecule has 2 aromatic rings. The Morgan fingerprint density at radius 1 is 1.25 bits per heavy atom. The molecule has 0 atom stereocenters. The van der Waals surface area contributed by atoms with Crippen molar-refractivity contribution < 1.29 is 18.7 Å². The summed E-state index contributed by atoms with van der Waals surface area (Å²) in [5, 5.41) is 0.725. The van der Waals surface area contributed by atoms with Gasteiger partial charge in [-0.25, -0.2) is 9.18 Å². The third kappa shape index (κ3) is 4.06. The molecule has 4 rings (SSSR count). The van der Waals surface area contributed by atoms with E-state index in [9.17, 15) is 14.0 Å². The molecule has 1 aromatic carbocycles. The summed E-state index contributed by atoms with van der Waals surface area (Å²) in [6.45, 7) is 2.51. The maximum absolute atomic E-state index is 13.6. The summed E-state index contributed by atoms with van der Waals surface area (Å²) < 4.78 is 18.7. The molecule has 0 unspecified atom stereocenters. The molecule has 2 aliphatic heterocycles. The molecule has 3 heterocycles. The van der Waals surface area contributed by atoms with E-state index in [-0.39, 0.29) is 23.9 Å². The molecule has 0 spiro atoms. The van der Waals surface area contributed by atoms with E-state index in [0.29, 0.717) is 31.0 Å². The number of rotatable bonds is 4. The summed E-state index contributed by atoms with van der Waals surface area (Å²) in [6.07, 6.45) is 3.85. The number of pyridine rings is 1. The molecule has 2 aliphatic rings. The lowest BCUT2D eigenvalue weighted by Gasteiger charge is -2.39. The number of benzene rings is 1. The van der Waals surface area contributed by atoms with Gasteiger partial charge in [-0.05, 0) is 43.5 Å². The molecule has 0 N–H and O–H groups in total. The largest absolute Gasteiger partial charge is 0.449 e. The van der Waals surface area contributed by atoms with Crippen molar-refractivity contribution in [2.24, 2.45) is 0 Å². The standard InChI is InChI=1S/C20H22FN3O3S/c21-14-2-3-17-16(12-14)18(4-7-22-17)28-13-19(25)23-9-5-15(6-10-23)24-8-1-11-27-20(24)26/h2-4,7,12,15H,1,5-6,8-11,13H2. The van der Waals surface area contributed by atoms with Crippen LogP contribution in [-0.2, 0) is 9.53 Å². The number of fused-ring (bicyclic) bond motifs is 1. The van der Waals surface area contributed by atoms with Crippen molar-refractivity contribution in [2.75, 3.05) is 32.0 Å². The Kier molecular flexibility index (Phi) is 5.66. The van der Waals surface area contributed by atoms with E-state index in [1.54, 1.807) is 17.2 Å². The molecule has 8 heteroatoms. The predicted molar refractivity (Wildman–Crippen MR) is 105 cm³/mol. The van der Waals surface area contributed by atoms with Gasteiger partial charge in [-0.3, -0.25) is 9.78 Å². The molecule has 2 fully saturated rings. The van der Waals surface area contributed by atoms with Gasteiger partial charge in [0.15, 0.2) is 0 Å². The van der Waals surface area contributed by atoms with Gasteiger partial charge in [0.05, 0.1) is 17.9 Å². The third-order valence-corrected chi connectivity index (χ3v) is 6.33. The summed E-state index contributed by atoms with van der Waals surface area (Å²) in [5.41, 5.74) is 0.716. The SMILES string of the molecule is O=C(CSc1ccnc2ccc(F)cc12)N1CCC(N2CCCOC2=O)CC1. The fraction of sp³-hybridized carbons (Fsp3) is 0.450. The van der Waals surface area contributed by atoms with Gasteiger partial charge >= 0.3 is 6.09 Å². The van der Waals surface area contributed by atoms with Crippen LogP contribution in [0.5, 0.6) is 0 Å². The van der Waals surface area contributed by atoms with Gasteiger partial charge in [-0.2, -0.15) is 0 Å². The molecule has 148 valence electrons. The van der Waals surface area contributed by atoms with E-state index in [1.165, 1.54) is 23.9 Å². The van der Waals surface area contributed by atoms with Crippen LogP contribution in [0.25, 0.3) is 10.9 Å². The Hall–Kier alpha value is -2.35. The Morgan fingerprint density at radius 2 is 2.07 bits per heavy atom. The maximum atomic E-state index is 13.6. The Bertz CT molecular complexity index is 886. The van der Waals surface area contributed by atoms with Crippen molar-refractivity contribution in [2.45, 2.75) is 30.2 Å². The van der Waals surface area contributed by atoms with Crippen molar-refractivity contribution in [3.63, 3.8) is 0 Å². The minimum Gasteiger partial charge on any atom is -0.449 e. The molecule has 0 aliphatic carbocycles. The lowest BCUT2D eigenvalue weighted by Crippen LogP contribution is -2.51. The van der Waals surface area contributed by atoms with Gasteiger partial charge in [-0.15, -0.1) is 11.8 Å². The summed E-state index contributed by atoms with van der Waals surface area (Å²) in [5.74, 6) is 0.0458. The monoisotopic (exact) mass is 403 g/mol. The van der Waals surface area contributed by atoms with Crippen molar-refractivity contribution in [1.82, 2.24) is 14.8 Å². The molecule has 0 radical (unpaired) electrons. The topological polar surface area (TPSA) is 62.7 Å². The minimum absolute atomic E-state index is 0.0611. The summed E-state index contributed by atoms with van der Waals surface area (Å²) in [4.78, 5) is 33.3. The summed E-state index contributed by atoms with van der Waals surface area (Å²) in [6, 6.07) is 6.45. The van der Waals surface area contributed by atoms with Gasteiger partial charge < -0.3 is 14.5 Å². The second kappa shape index (κ2) is 8.34. The molecule has 6 nitrogen and oxygen atoms in total. The zero-order chi connectivity index (χ0) is 19.5. The van der Waals surface area contributed by atoms with Crippen LogP contribution in [0.2, 0.25) is 0 Å². The third-order valence-electron chi connectivity index (χ3n) is 5.28. The van der Waals surface area contributed by atoms with E-state index in [4.69, 9.17) is 4.74 Å². The van der Waals surface area contributed by atoms with E-state index in [0.717, 1.165) is 36.1 Å². The van der Waals surface area contributed by atoms with Crippen LogP contribution in [0, 0.1) is 5.82 Å². The van der Waals surface area contributed by atoms with Gasteiger partial charge in [-0.1, -0.05) is 0 Å². The number of thioether (sulfide) groups is 1. The highest BCUT2D eigenvalue weighted by molar-refractivity contribution is 8.00. The summed E-state index contributed by atoms with van der Waals surface area (Å²) >= 11 is 1.41. The smallest absolute Gasteiger partial charge is 0.410 e.